The molecule has 1 saturated carbocycles. The largest absolute Gasteiger partial charge is 0.493 e. The molecular weight excluding hydrogens is 234 g/mol. The zero-order valence-electron chi connectivity index (χ0n) is 12.8. The first-order valence-corrected chi connectivity index (χ1v) is 7.41. The van der Waals surface area contributed by atoms with Gasteiger partial charge in [-0.3, -0.25) is 0 Å². The van der Waals surface area contributed by atoms with E-state index in [0.717, 1.165) is 24.8 Å². The van der Waals surface area contributed by atoms with Crippen LogP contribution in [0.2, 0.25) is 0 Å². The van der Waals surface area contributed by atoms with Gasteiger partial charge in [0.2, 0.25) is 0 Å². The molecule has 0 spiro atoms. The van der Waals surface area contributed by atoms with Crippen molar-refractivity contribution in [2.45, 2.75) is 59.0 Å². The first-order chi connectivity index (χ1) is 8.94. The molecule has 0 unspecified atom stereocenters. The summed E-state index contributed by atoms with van der Waals surface area (Å²) in [5, 5.41) is 3.54. The number of hydrogen-bond donors (Lipinski definition) is 1. The summed E-state index contributed by atoms with van der Waals surface area (Å²) in [5.74, 6) is 1.98. The summed E-state index contributed by atoms with van der Waals surface area (Å²) in [7, 11) is 0. The SMILES string of the molecule is Cc1ccc(OCCC2CC2)c(CNC(C)(C)C)c1. The Balaban J connectivity index is 1.95. The summed E-state index contributed by atoms with van der Waals surface area (Å²) in [6.45, 7) is 10.4. The van der Waals surface area contributed by atoms with Crippen LogP contribution < -0.4 is 10.1 Å². The molecule has 1 aliphatic carbocycles. The maximum Gasteiger partial charge on any atom is 0.123 e. The molecule has 0 bridgehead atoms. The molecule has 1 N–H and O–H groups in total. The fourth-order valence-corrected chi connectivity index (χ4v) is 2.09. The second kappa shape index (κ2) is 5.96. The number of hydrogen-bond acceptors (Lipinski definition) is 2. The Hall–Kier alpha value is -1.02. The van der Waals surface area contributed by atoms with Crippen molar-refractivity contribution in [3.8, 4) is 5.75 Å². The summed E-state index contributed by atoms with van der Waals surface area (Å²) in [4.78, 5) is 0. The Kier molecular flexibility index (Phi) is 4.51. The van der Waals surface area contributed by atoms with E-state index in [2.05, 4.69) is 51.2 Å². The van der Waals surface area contributed by atoms with Gasteiger partial charge in [-0.25, -0.2) is 0 Å². The number of nitrogens with one attached hydrogen (secondary N) is 1. The van der Waals surface area contributed by atoms with Gasteiger partial charge in [0.15, 0.2) is 0 Å². The van der Waals surface area contributed by atoms with Gasteiger partial charge >= 0.3 is 0 Å². The lowest BCUT2D eigenvalue weighted by atomic mass is 10.1. The Morgan fingerprint density at radius 3 is 2.63 bits per heavy atom. The summed E-state index contributed by atoms with van der Waals surface area (Å²) < 4.78 is 5.97. The second-order valence-electron chi connectivity index (χ2n) is 6.80. The van der Waals surface area contributed by atoms with Crippen molar-refractivity contribution in [1.29, 1.82) is 0 Å². The molecule has 0 aromatic heterocycles. The van der Waals surface area contributed by atoms with Crippen LogP contribution >= 0.6 is 0 Å². The lowest BCUT2D eigenvalue weighted by molar-refractivity contribution is 0.297. The van der Waals surface area contributed by atoms with Gasteiger partial charge in [0, 0.05) is 17.6 Å². The number of ether oxygens (including phenoxy) is 1. The maximum atomic E-state index is 5.97. The van der Waals surface area contributed by atoms with Crippen molar-refractivity contribution in [3.63, 3.8) is 0 Å². The van der Waals surface area contributed by atoms with E-state index in [4.69, 9.17) is 4.74 Å². The van der Waals surface area contributed by atoms with Crippen LogP contribution in [0.25, 0.3) is 0 Å². The highest BCUT2D eigenvalue weighted by molar-refractivity contribution is 5.37. The third kappa shape index (κ3) is 5.23. The predicted molar refractivity (Wildman–Crippen MR) is 80.6 cm³/mol. The first kappa shape index (κ1) is 14.4. The van der Waals surface area contributed by atoms with Gasteiger partial charge in [0.1, 0.15) is 5.75 Å². The van der Waals surface area contributed by atoms with Gasteiger partial charge in [-0.1, -0.05) is 30.5 Å². The summed E-state index contributed by atoms with van der Waals surface area (Å²) in [5.41, 5.74) is 2.70. The molecule has 0 heterocycles. The molecule has 0 radical (unpaired) electrons. The van der Waals surface area contributed by atoms with Crippen LogP contribution in [0.5, 0.6) is 5.75 Å². The minimum absolute atomic E-state index is 0.134. The Bertz CT molecular complexity index is 416. The molecule has 1 aromatic carbocycles. The second-order valence-corrected chi connectivity index (χ2v) is 6.80. The molecule has 1 fully saturated rings. The van der Waals surface area contributed by atoms with E-state index < -0.39 is 0 Å². The van der Waals surface area contributed by atoms with Crippen molar-refractivity contribution in [2.24, 2.45) is 5.92 Å². The van der Waals surface area contributed by atoms with Crippen LogP contribution in [-0.2, 0) is 6.54 Å². The van der Waals surface area contributed by atoms with Crippen LogP contribution in [0.1, 0.15) is 51.2 Å². The highest BCUT2D eigenvalue weighted by Crippen LogP contribution is 2.32. The van der Waals surface area contributed by atoms with Gasteiger partial charge < -0.3 is 10.1 Å². The molecule has 0 amide bonds. The lowest BCUT2D eigenvalue weighted by Gasteiger charge is -2.22. The van der Waals surface area contributed by atoms with E-state index in [1.807, 2.05) is 0 Å². The normalized spacial score (nSPS) is 15.6. The van der Waals surface area contributed by atoms with Crippen LogP contribution in [0, 0.1) is 12.8 Å². The smallest absolute Gasteiger partial charge is 0.123 e. The third-order valence-electron chi connectivity index (χ3n) is 3.51. The monoisotopic (exact) mass is 261 g/mol. The lowest BCUT2D eigenvalue weighted by Crippen LogP contribution is -2.35. The highest BCUT2D eigenvalue weighted by Gasteiger charge is 2.21. The molecule has 1 aliphatic rings. The van der Waals surface area contributed by atoms with E-state index in [9.17, 15) is 0 Å². The zero-order chi connectivity index (χ0) is 13.9. The van der Waals surface area contributed by atoms with Gasteiger partial charge in [0.05, 0.1) is 6.61 Å². The van der Waals surface area contributed by atoms with Crippen molar-refractivity contribution in [2.75, 3.05) is 6.61 Å². The van der Waals surface area contributed by atoms with Gasteiger partial charge in [0.25, 0.3) is 0 Å². The minimum Gasteiger partial charge on any atom is -0.493 e. The average Bonchev–Trinajstić information content (AvgIpc) is 3.12. The van der Waals surface area contributed by atoms with Crippen molar-refractivity contribution in [3.05, 3.63) is 29.3 Å². The van der Waals surface area contributed by atoms with Crippen LogP contribution in [-0.4, -0.2) is 12.1 Å². The average molecular weight is 261 g/mol. The number of benzene rings is 1. The van der Waals surface area contributed by atoms with E-state index in [1.54, 1.807) is 0 Å². The van der Waals surface area contributed by atoms with E-state index in [-0.39, 0.29) is 5.54 Å². The van der Waals surface area contributed by atoms with E-state index in [1.165, 1.54) is 30.4 Å². The number of aryl methyl sites for hydroxylation is 1. The molecule has 2 nitrogen and oxygen atoms in total. The summed E-state index contributed by atoms with van der Waals surface area (Å²) in [6.07, 6.45) is 4.01. The third-order valence-corrected chi connectivity index (χ3v) is 3.51. The van der Waals surface area contributed by atoms with E-state index in [0.29, 0.717) is 0 Å². The number of rotatable bonds is 6. The predicted octanol–water partition coefficient (Wildman–Crippen LogP) is 4.06. The standard InChI is InChI=1S/C17H27NO/c1-13-5-8-16(19-10-9-14-6-7-14)15(11-13)12-18-17(2,3)4/h5,8,11,14,18H,6-7,9-10,12H2,1-4H3. The Morgan fingerprint density at radius 1 is 1.26 bits per heavy atom. The molecule has 2 heteroatoms. The molecule has 1 aromatic rings. The Labute approximate surface area is 117 Å². The minimum atomic E-state index is 0.134. The van der Waals surface area contributed by atoms with Crippen molar-refractivity contribution < 1.29 is 4.74 Å². The molecule has 106 valence electrons. The van der Waals surface area contributed by atoms with Gasteiger partial charge in [-0.2, -0.15) is 0 Å². The highest BCUT2D eigenvalue weighted by atomic mass is 16.5. The molecule has 0 saturated heterocycles. The van der Waals surface area contributed by atoms with Crippen molar-refractivity contribution in [1.82, 2.24) is 5.32 Å². The fourth-order valence-electron chi connectivity index (χ4n) is 2.09. The molecular formula is C17H27NO. The molecule has 0 atom stereocenters. The first-order valence-electron chi connectivity index (χ1n) is 7.41. The molecule has 19 heavy (non-hydrogen) atoms. The maximum absolute atomic E-state index is 5.97. The zero-order valence-corrected chi connectivity index (χ0v) is 12.8. The topological polar surface area (TPSA) is 21.3 Å². The summed E-state index contributed by atoms with van der Waals surface area (Å²) in [6, 6.07) is 6.47. The molecule has 0 aliphatic heterocycles. The van der Waals surface area contributed by atoms with Crippen LogP contribution in [0.3, 0.4) is 0 Å². The molecule has 2 rings (SSSR count). The quantitative estimate of drug-likeness (QED) is 0.833. The van der Waals surface area contributed by atoms with Crippen LogP contribution in [0.15, 0.2) is 18.2 Å². The Morgan fingerprint density at radius 2 is 2.00 bits per heavy atom. The van der Waals surface area contributed by atoms with Gasteiger partial charge in [-0.05, 0) is 46.1 Å². The van der Waals surface area contributed by atoms with Crippen molar-refractivity contribution >= 4 is 0 Å². The summed E-state index contributed by atoms with van der Waals surface area (Å²) >= 11 is 0. The fraction of sp³-hybridized carbons (Fsp3) is 0.647. The van der Waals surface area contributed by atoms with E-state index >= 15 is 0 Å². The van der Waals surface area contributed by atoms with Crippen LogP contribution in [0.4, 0.5) is 0 Å². The van der Waals surface area contributed by atoms with Gasteiger partial charge in [-0.15, -0.1) is 0 Å².